The first-order chi connectivity index (χ1) is 7.16. The Labute approximate surface area is 92.3 Å². The second kappa shape index (κ2) is 5.96. The molecular formula is C13H22O2. The van der Waals surface area contributed by atoms with Gasteiger partial charge in [0.25, 0.3) is 0 Å². The van der Waals surface area contributed by atoms with Crippen LogP contribution in [0.2, 0.25) is 0 Å². The van der Waals surface area contributed by atoms with Gasteiger partial charge in [-0.2, -0.15) is 0 Å². The quantitative estimate of drug-likeness (QED) is 0.552. The fourth-order valence-corrected chi connectivity index (χ4v) is 2.02. The van der Waals surface area contributed by atoms with Gasteiger partial charge in [-0.3, -0.25) is 0 Å². The van der Waals surface area contributed by atoms with Crippen LogP contribution in [0.3, 0.4) is 0 Å². The third-order valence-corrected chi connectivity index (χ3v) is 3.12. The highest BCUT2D eigenvalue weighted by Crippen LogP contribution is 2.27. The molecule has 15 heavy (non-hydrogen) atoms. The molecule has 0 aromatic heterocycles. The highest BCUT2D eigenvalue weighted by atomic mass is 16.3. The van der Waals surface area contributed by atoms with Crippen LogP contribution in [-0.4, -0.2) is 16.3 Å². The number of hydrogen-bond donors (Lipinski definition) is 2. The van der Waals surface area contributed by atoms with Crippen LogP contribution in [0, 0.1) is 5.92 Å². The number of aliphatic hydroxyl groups is 2. The minimum atomic E-state index is -0.471. The topological polar surface area (TPSA) is 40.5 Å². The summed E-state index contributed by atoms with van der Waals surface area (Å²) in [5, 5.41) is 19.8. The summed E-state index contributed by atoms with van der Waals surface area (Å²) in [6.45, 7) is 3.88. The van der Waals surface area contributed by atoms with E-state index in [1.165, 1.54) is 0 Å². The van der Waals surface area contributed by atoms with Crippen LogP contribution < -0.4 is 0 Å². The fraction of sp³-hybridized carbons (Fsp3) is 0.692. The molecule has 0 fully saturated rings. The van der Waals surface area contributed by atoms with Gasteiger partial charge in [0.15, 0.2) is 0 Å². The van der Waals surface area contributed by atoms with E-state index < -0.39 is 6.10 Å². The zero-order valence-electron chi connectivity index (χ0n) is 9.74. The number of allylic oxidation sites excluding steroid dienone is 3. The first kappa shape index (κ1) is 12.3. The normalized spacial score (nSPS) is 24.9. The molecule has 0 radical (unpaired) electrons. The predicted octanol–water partition coefficient (Wildman–Crippen LogP) is 3.34. The molecule has 0 saturated heterocycles. The number of hydrogen-bond acceptors (Lipinski definition) is 2. The molecule has 0 aliphatic heterocycles. The Bertz CT molecular complexity index is 253. The van der Waals surface area contributed by atoms with Crippen LogP contribution in [0.15, 0.2) is 23.5 Å². The average molecular weight is 210 g/mol. The van der Waals surface area contributed by atoms with Gasteiger partial charge in [-0.15, -0.1) is 0 Å². The molecule has 0 bridgehead atoms. The predicted molar refractivity (Wildman–Crippen MR) is 62.7 cm³/mol. The van der Waals surface area contributed by atoms with Crippen molar-refractivity contribution in [3.05, 3.63) is 23.5 Å². The van der Waals surface area contributed by atoms with Crippen LogP contribution in [0.4, 0.5) is 0 Å². The second-order valence-electron chi connectivity index (χ2n) is 4.35. The number of aliphatic hydroxyl groups excluding tert-OH is 2. The largest absolute Gasteiger partial charge is 0.512 e. The summed E-state index contributed by atoms with van der Waals surface area (Å²) in [5.41, 5.74) is 0.761. The maximum Gasteiger partial charge on any atom is 0.0971 e. The maximum absolute atomic E-state index is 10.0. The van der Waals surface area contributed by atoms with Crippen molar-refractivity contribution in [3.8, 4) is 0 Å². The minimum absolute atomic E-state index is 0.224. The first-order valence-electron chi connectivity index (χ1n) is 5.89. The van der Waals surface area contributed by atoms with Gasteiger partial charge in [-0.05, 0) is 38.2 Å². The monoisotopic (exact) mass is 210 g/mol. The van der Waals surface area contributed by atoms with Gasteiger partial charge in [-0.25, -0.2) is 0 Å². The lowest BCUT2D eigenvalue weighted by molar-refractivity contribution is 0.185. The van der Waals surface area contributed by atoms with E-state index in [4.69, 9.17) is 0 Å². The molecule has 2 nitrogen and oxygen atoms in total. The molecule has 1 aliphatic carbocycles. The van der Waals surface area contributed by atoms with Crippen LogP contribution in [0.1, 0.15) is 46.0 Å². The summed E-state index contributed by atoms with van der Waals surface area (Å²) in [6, 6.07) is 0. The standard InChI is InChI=1S/C13H22O2/c1-3-7-12(14)10(2)13(15)11-8-5-4-6-9-11/h4-5,11-12,14-15H,3,6-9H2,1-2H3/b13-10-. The van der Waals surface area contributed by atoms with E-state index in [0.29, 0.717) is 5.76 Å². The number of rotatable bonds is 4. The molecule has 1 rings (SSSR count). The molecule has 2 atom stereocenters. The lowest BCUT2D eigenvalue weighted by atomic mass is 9.89. The van der Waals surface area contributed by atoms with Crippen molar-refractivity contribution in [2.45, 2.75) is 52.1 Å². The summed E-state index contributed by atoms with van der Waals surface area (Å²) in [6.07, 6.45) is 8.41. The van der Waals surface area contributed by atoms with Crippen LogP contribution in [0.5, 0.6) is 0 Å². The molecule has 2 unspecified atom stereocenters. The molecular weight excluding hydrogens is 188 g/mol. The second-order valence-corrected chi connectivity index (χ2v) is 4.35. The van der Waals surface area contributed by atoms with Crippen molar-refractivity contribution in [2.75, 3.05) is 0 Å². The fourth-order valence-electron chi connectivity index (χ4n) is 2.02. The van der Waals surface area contributed by atoms with E-state index in [9.17, 15) is 10.2 Å². The van der Waals surface area contributed by atoms with Crippen molar-refractivity contribution in [1.29, 1.82) is 0 Å². The van der Waals surface area contributed by atoms with Crippen molar-refractivity contribution in [1.82, 2.24) is 0 Å². The molecule has 0 amide bonds. The highest BCUT2D eigenvalue weighted by molar-refractivity contribution is 5.14. The molecule has 0 aromatic rings. The van der Waals surface area contributed by atoms with E-state index in [1.807, 2.05) is 13.8 Å². The minimum Gasteiger partial charge on any atom is -0.512 e. The molecule has 0 saturated carbocycles. The van der Waals surface area contributed by atoms with Crippen LogP contribution in [0.25, 0.3) is 0 Å². The summed E-state index contributed by atoms with van der Waals surface area (Å²) < 4.78 is 0. The zero-order chi connectivity index (χ0) is 11.3. The van der Waals surface area contributed by atoms with Crippen molar-refractivity contribution < 1.29 is 10.2 Å². The Morgan fingerprint density at radius 1 is 1.47 bits per heavy atom. The lowest BCUT2D eigenvalue weighted by Crippen LogP contribution is -2.15. The van der Waals surface area contributed by atoms with Gasteiger partial charge >= 0.3 is 0 Å². The van der Waals surface area contributed by atoms with Crippen molar-refractivity contribution in [2.24, 2.45) is 5.92 Å². The summed E-state index contributed by atoms with van der Waals surface area (Å²) in [4.78, 5) is 0. The SMILES string of the molecule is CCCC(O)/C(C)=C(\O)C1CC=CCC1. The summed E-state index contributed by atoms with van der Waals surface area (Å²) >= 11 is 0. The van der Waals surface area contributed by atoms with E-state index in [1.54, 1.807) is 0 Å². The van der Waals surface area contributed by atoms with Crippen LogP contribution in [-0.2, 0) is 0 Å². The third kappa shape index (κ3) is 3.38. The van der Waals surface area contributed by atoms with Crippen molar-refractivity contribution in [3.63, 3.8) is 0 Å². The van der Waals surface area contributed by atoms with Gasteiger partial charge in [0.1, 0.15) is 0 Å². The lowest BCUT2D eigenvalue weighted by Gasteiger charge is -2.21. The van der Waals surface area contributed by atoms with Gasteiger partial charge < -0.3 is 10.2 Å². The third-order valence-electron chi connectivity index (χ3n) is 3.12. The Morgan fingerprint density at radius 3 is 2.73 bits per heavy atom. The van der Waals surface area contributed by atoms with Gasteiger partial charge in [0, 0.05) is 5.92 Å². The van der Waals surface area contributed by atoms with E-state index in [-0.39, 0.29) is 5.92 Å². The van der Waals surface area contributed by atoms with Gasteiger partial charge in [0.2, 0.25) is 0 Å². The molecule has 86 valence electrons. The van der Waals surface area contributed by atoms with E-state index >= 15 is 0 Å². The Hall–Kier alpha value is -0.760. The zero-order valence-corrected chi connectivity index (χ0v) is 9.74. The highest BCUT2D eigenvalue weighted by Gasteiger charge is 2.19. The molecule has 0 spiro atoms. The van der Waals surface area contributed by atoms with E-state index in [2.05, 4.69) is 12.2 Å². The molecule has 0 aromatic carbocycles. The molecule has 2 heteroatoms. The van der Waals surface area contributed by atoms with Crippen molar-refractivity contribution >= 4 is 0 Å². The first-order valence-corrected chi connectivity index (χ1v) is 5.89. The Morgan fingerprint density at radius 2 is 2.20 bits per heavy atom. The summed E-state index contributed by atoms with van der Waals surface area (Å²) in [7, 11) is 0. The molecule has 0 heterocycles. The van der Waals surface area contributed by atoms with Gasteiger partial charge in [0.05, 0.1) is 11.9 Å². The Kier molecular flexibility index (Phi) is 4.89. The smallest absolute Gasteiger partial charge is 0.0971 e. The summed E-state index contributed by atoms with van der Waals surface area (Å²) in [5.74, 6) is 0.641. The Balaban J connectivity index is 2.65. The molecule has 1 aliphatic rings. The van der Waals surface area contributed by atoms with E-state index in [0.717, 1.165) is 37.7 Å². The van der Waals surface area contributed by atoms with Crippen LogP contribution >= 0.6 is 0 Å². The average Bonchev–Trinajstić information content (AvgIpc) is 2.28. The maximum atomic E-state index is 10.0. The van der Waals surface area contributed by atoms with Gasteiger partial charge in [-0.1, -0.05) is 25.5 Å². The molecule has 2 N–H and O–H groups in total.